The Balaban J connectivity index is 1.28. The smallest absolute Gasteiger partial charge is 0.334 e. The van der Waals surface area contributed by atoms with Crippen LogP contribution in [0, 0.1) is 0 Å². The number of benzene rings is 2. The maximum Gasteiger partial charge on any atom is 0.334 e. The van der Waals surface area contributed by atoms with E-state index in [0.717, 1.165) is 29.3 Å². The van der Waals surface area contributed by atoms with E-state index in [9.17, 15) is 14.4 Å². The minimum absolute atomic E-state index is 0.328. The van der Waals surface area contributed by atoms with Gasteiger partial charge in [-0.3, -0.25) is 14.9 Å². The van der Waals surface area contributed by atoms with Gasteiger partial charge in [0.25, 0.3) is 17.2 Å². The van der Waals surface area contributed by atoms with E-state index in [1.54, 1.807) is 30.3 Å². The summed E-state index contributed by atoms with van der Waals surface area (Å²) in [6.07, 6.45) is 3.11. The van der Waals surface area contributed by atoms with Crippen LogP contribution < -0.4 is 15.0 Å². The van der Waals surface area contributed by atoms with E-state index in [1.165, 1.54) is 0 Å². The number of carbonyl (C=O) groups is 3. The van der Waals surface area contributed by atoms with E-state index >= 15 is 0 Å². The Morgan fingerprint density at radius 3 is 2.74 bits per heavy atom. The van der Waals surface area contributed by atoms with Gasteiger partial charge in [-0.1, -0.05) is 24.3 Å². The van der Waals surface area contributed by atoms with Crippen LogP contribution in [-0.2, 0) is 9.59 Å². The first-order valence-electron chi connectivity index (χ1n) is 9.76. The van der Waals surface area contributed by atoms with Crippen molar-refractivity contribution in [2.45, 2.75) is 18.9 Å². The molecule has 1 aromatic heterocycles. The van der Waals surface area contributed by atoms with Crippen LogP contribution in [0.4, 0.5) is 10.8 Å². The average molecular weight is 435 g/mol. The number of rotatable bonds is 4. The molecule has 1 N–H and O–H groups in total. The average Bonchev–Trinajstić information content (AvgIpc) is 3.47. The lowest BCUT2D eigenvalue weighted by atomic mass is 10.2. The van der Waals surface area contributed by atoms with Crippen LogP contribution in [0.15, 0.2) is 57.9 Å². The minimum Gasteiger partial charge on any atom is -0.425 e. The fourth-order valence-electron chi connectivity index (χ4n) is 3.61. The van der Waals surface area contributed by atoms with Gasteiger partial charge < -0.3 is 14.1 Å². The van der Waals surface area contributed by atoms with Crippen LogP contribution in [0.1, 0.15) is 18.4 Å². The van der Waals surface area contributed by atoms with Crippen molar-refractivity contribution >= 4 is 52.1 Å². The third kappa shape index (κ3) is 3.91. The van der Waals surface area contributed by atoms with Crippen LogP contribution >= 0.6 is 11.8 Å². The normalized spacial score (nSPS) is 19.9. The first-order chi connectivity index (χ1) is 15.1. The highest BCUT2D eigenvalue weighted by atomic mass is 32.2. The van der Waals surface area contributed by atoms with Crippen molar-refractivity contribution in [3.05, 3.63) is 59.0 Å². The molecule has 0 bridgehead atoms. The number of imide groups is 1. The van der Waals surface area contributed by atoms with Gasteiger partial charge in [-0.15, -0.1) is 0 Å². The summed E-state index contributed by atoms with van der Waals surface area (Å²) < 4.78 is 11.4. The fourth-order valence-corrected chi connectivity index (χ4v) is 4.29. The molecule has 0 unspecified atom stereocenters. The van der Waals surface area contributed by atoms with Crippen molar-refractivity contribution < 1.29 is 23.5 Å². The first kappa shape index (κ1) is 19.4. The SMILES string of the molecule is O=C1NC(=O)/C(=C/c2ccc(OC(=O)[C@@H]3CCCN3c3nc4ccccc4o3)cc2)S1. The molecule has 5 rings (SSSR count). The molecule has 8 nitrogen and oxygen atoms in total. The highest BCUT2D eigenvalue weighted by molar-refractivity contribution is 8.18. The summed E-state index contributed by atoms with van der Waals surface area (Å²) in [5.41, 5.74) is 2.15. The van der Waals surface area contributed by atoms with Gasteiger partial charge in [-0.25, -0.2) is 4.79 Å². The van der Waals surface area contributed by atoms with E-state index in [4.69, 9.17) is 9.15 Å². The lowest BCUT2D eigenvalue weighted by Crippen LogP contribution is -2.38. The van der Waals surface area contributed by atoms with E-state index < -0.39 is 11.9 Å². The molecule has 2 aliphatic rings. The number of fused-ring (bicyclic) bond motifs is 1. The Morgan fingerprint density at radius 1 is 1.19 bits per heavy atom. The third-order valence-electron chi connectivity index (χ3n) is 5.09. The molecular weight excluding hydrogens is 418 g/mol. The maximum atomic E-state index is 12.8. The fraction of sp³-hybridized carbons (Fsp3) is 0.182. The molecule has 2 amide bonds. The van der Waals surface area contributed by atoms with Gasteiger partial charge >= 0.3 is 5.97 Å². The van der Waals surface area contributed by atoms with Crippen molar-refractivity contribution in [2.24, 2.45) is 0 Å². The summed E-state index contributed by atoms with van der Waals surface area (Å²) >= 11 is 0.855. The standard InChI is InChI=1S/C22H17N3O5S/c26-19-18(31-22(28)24-19)12-13-7-9-14(10-8-13)29-20(27)16-5-3-11-25(16)21-23-15-4-1-2-6-17(15)30-21/h1-2,4,6-10,12,16H,3,5,11H2,(H,24,26,28)/b18-12-/t16-/m0/s1. The van der Waals surface area contributed by atoms with E-state index in [-0.39, 0.29) is 11.2 Å². The lowest BCUT2D eigenvalue weighted by molar-refractivity contribution is -0.135. The van der Waals surface area contributed by atoms with Crippen LogP contribution in [-0.4, -0.2) is 34.7 Å². The molecule has 1 atom stereocenters. The van der Waals surface area contributed by atoms with E-state index in [0.29, 0.717) is 35.2 Å². The number of esters is 1. The molecule has 31 heavy (non-hydrogen) atoms. The molecule has 3 heterocycles. The number of oxazole rings is 1. The third-order valence-corrected chi connectivity index (χ3v) is 5.90. The van der Waals surface area contributed by atoms with Crippen LogP contribution in [0.25, 0.3) is 17.2 Å². The molecule has 2 saturated heterocycles. The summed E-state index contributed by atoms with van der Waals surface area (Å²) in [5, 5.41) is 1.82. The Bertz CT molecular complexity index is 1180. The second-order valence-corrected chi connectivity index (χ2v) is 8.17. The Kier molecular flexibility index (Phi) is 4.95. The summed E-state index contributed by atoms with van der Waals surface area (Å²) in [6, 6.07) is 14.2. The molecule has 0 saturated carbocycles. The topological polar surface area (TPSA) is 102 Å². The zero-order valence-electron chi connectivity index (χ0n) is 16.2. The number of anilines is 1. The van der Waals surface area contributed by atoms with Crippen molar-refractivity contribution in [3.63, 3.8) is 0 Å². The van der Waals surface area contributed by atoms with Crippen molar-refractivity contribution in [2.75, 3.05) is 11.4 Å². The van der Waals surface area contributed by atoms with Gasteiger partial charge in [0.15, 0.2) is 5.58 Å². The monoisotopic (exact) mass is 435 g/mol. The highest BCUT2D eigenvalue weighted by Crippen LogP contribution is 2.30. The number of nitrogens with zero attached hydrogens (tertiary/aromatic N) is 2. The minimum atomic E-state index is -0.473. The van der Waals surface area contributed by atoms with Gasteiger partial charge in [0.05, 0.1) is 4.91 Å². The summed E-state index contributed by atoms with van der Waals surface area (Å²) in [7, 11) is 0. The quantitative estimate of drug-likeness (QED) is 0.376. The van der Waals surface area contributed by atoms with Gasteiger partial charge in [-0.05, 0) is 60.5 Å². The molecule has 156 valence electrons. The molecule has 3 aromatic rings. The Morgan fingerprint density at radius 2 is 2.00 bits per heavy atom. The van der Waals surface area contributed by atoms with Crippen LogP contribution in [0.3, 0.4) is 0 Å². The van der Waals surface area contributed by atoms with Crippen LogP contribution in [0.5, 0.6) is 5.75 Å². The number of amides is 2. The van der Waals surface area contributed by atoms with E-state index in [1.807, 2.05) is 29.2 Å². The van der Waals surface area contributed by atoms with Crippen molar-refractivity contribution in [1.29, 1.82) is 0 Å². The predicted molar refractivity (Wildman–Crippen MR) is 116 cm³/mol. The summed E-state index contributed by atoms with van der Waals surface area (Å²) in [6.45, 7) is 0.664. The van der Waals surface area contributed by atoms with E-state index in [2.05, 4.69) is 10.3 Å². The van der Waals surface area contributed by atoms with Crippen molar-refractivity contribution in [1.82, 2.24) is 10.3 Å². The second kappa shape index (κ2) is 7.92. The molecular formula is C22H17N3O5S. The zero-order valence-corrected chi connectivity index (χ0v) is 17.1. The number of thioether (sulfide) groups is 1. The van der Waals surface area contributed by atoms with Crippen LogP contribution in [0.2, 0.25) is 0 Å². The number of hydrogen-bond acceptors (Lipinski definition) is 8. The van der Waals surface area contributed by atoms with Gasteiger partial charge in [0.2, 0.25) is 0 Å². The number of aromatic nitrogens is 1. The summed E-state index contributed by atoms with van der Waals surface area (Å²) in [4.78, 5) is 42.4. The molecule has 2 fully saturated rings. The second-order valence-electron chi connectivity index (χ2n) is 7.16. The number of nitrogens with one attached hydrogen (secondary N) is 1. The highest BCUT2D eigenvalue weighted by Gasteiger charge is 2.35. The molecule has 0 spiro atoms. The first-order valence-corrected chi connectivity index (χ1v) is 10.6. The number of carbonyl (C=O) groups excluding carboxylic acids is 3. The molecule has 2 aromatic carbocycles. The van der Waals surface area contributed by atoms with Gasteiger partial charge in [0, 0.05) is 6.54 Å². The number of para-hydroxylation sites is 2. The zero-order chi connectivity index (χ0) is 21.4. The molecule has 2 aliphatic heterocycles. The lowest BCUT2D eigenvalue weighted by Gasteiger charge is -2.21. The number of ether oxygens (including phenoxy) is 1. The molecule has 9 heteroatoms. The van der Waals surface area contributed by atoms with Gasteiger partial charge in [0.1, 0.15) is 17.3 Å². The largest absolute Gasteiger partial charge is 0.425 e. The Labute approximate surface area is 181 Å². The van der Waals surface area contributed by atoms with Gasteiger partial charge in [-0.2, -0.15) is 4.98 Å². The predicted octanol–water partition coefficient (Wildman–Crippen LogP) is 3.73. The molecule has 0 radical (unpaired) electrons. The molecule has 0 aliphatic carbocycles. The number of hydrogen-bond donors (Lipinski definition) is 1. The van der Waals surface area contributed by atoms with Crippen molar-refractivity contribution in [3.8, 4) is 5.75 Å². The summed E-state index contributed by atoms with van der Waals surface area (Å²) in [5.74, 6) is -0.385. The Hall–Kier alpha value is -3.59. The maximum absolute atomic E-state index is 12.8.